The highest BCUT2D eigenvalue weighted by Crippen LogP contribution is 2.19. The fourth-order valence-electron chi connectivity index (χ4n) is 2.52. The van der Waals surface area contributed by atoms with Crippen molar-refractivity contribution in [2.24, 2.45) is 5.92 Å². The molecule has 128 valence electrons. The lowest BCUT2D eigenvalue weighted by atomic mass is 10.1. The van der Waals surface area contributed by atoms with Crippen LogP contribution in [-0.2, 0) is 14.8 Å². The molecule has 1 heterocycles. The van der Waals surface area contributed by atoms with Gasteiger partial charge in [0, 0.05) is 32.6 Å². The molecule has 0 saturated carbocycles. The van der Waals surface area contributed by atoms with Crippen LogP contribution in [0.1, 0.15) is 26.7 Å². The van der Waals surface area contributed by atoms with Crippen LogP contribution in [0.5, 0.6) is 0 Å². The number of hydrogen-bond donors (Lipinski definition) is 0. The second kappa shape index (κ2) is 7.40. The van der Waals surface area contributed by atoms with E-state index in [9.17, 15) is 17.6 Å². The summed E-state index contributed by atoms with van der Waals surface area (Å²) in [6, 6.07) is 5.01. The van der Waals surface area contributed by atoms with Crippen LogP contribution >= 0.6 is 0 Å². The number of carbonyl (C=O) groups is 1. The van der Waals surface area contributed by atoms with E-state index in [0.29, 0.717) is 25.4 Å². The van der Waals surface area contributed by atoms with Gasteiger partial charge in [0.05, 0.1) is 4.90 Å². The summed E-state index contributed by atoms with van der Waals surface area (Å²) in [7, 11) is -3.70. The maximum absolute atomic E-state index is 13.2. The first kappa shape index (κ1) is 17.9. The van der Waals surface area contributed by atoms with E-state index in [1.54, 1.807) is 4.90 Å². The molecule has 1 amide bonds. The smallest absolute Gasteiger partial charge is 0.243 e. The fourth-order valence-corrected chi connectivity index (χ4v) is 3.98. The van der Waals surface area contributed by atoms with E-state index in [2.05, 4.69) is 13.8 Å². The summed E-state index contributed by atoms with van der Waals surface area (Å²) >= 11 is 0. The maximum Gasteiger partial charge on any atom is 0.243 e. The Morgan fingerprint density at radius 3 is 2.43 bits per heavy atom. The second-order valence-electron chi connectivity index (χ2n) is 6.17. The van der Waals surface area contributed by atoms with Gasteiger partial charge in [0.2, 0.25) is 15.9 Å². The van der Waals surface area contributed by atoms with Crippen molar-refractivity contribution in [1.82, 2.24) is 9.21 Å². The zero-order chi connectivity index (χ0) is 17.0. The SMILES string of the molecule is CC(C)CCC(=O)N1CCN(S(=O)(=O)c2cccc(F)c2)CC1. The third kappa shape index (κ3) is 4.51. The predicted octanol–water partition coefficient (Wildman–Crippen LogP) is 2.09. The van der Waals surface area contributed by atoms with Gasteiger partial charge in [-0.25, -0.2) is 12.8 Å². The number of rotatable bonds is 5. The molecule has 1 aromatic rings. The lowest BCUT2D eigenvalue weighted by molar-refractivity contribution is -0.132. The van der Waals surface area contributed by atoms with Crippen molar-refractivity contribution >= 4 is 15.9 Å². The molecule has 0 radical (unpaired) electrons. The lowest BCUT2D eigenvalue weighted by Gasteiger charge is -2.34. The summed E-state index contributed by atoms with van der Waals surface area (Å²) in [5, 5.41) is 0. The van der Waals surface area contributed by atoms with Crippen LogP contribution in [0.25, 0.3) is 0 Å². The molecule has 0 atom stereocenters. The van der Waals surface area contributed by atoms with Crippen LogP contribution in [0.2, 0.25) is 0 Å². The minimum Gasteiger partial charge on any atom is -0.340 e. The zero-order valence-corrected chi connectivity index (χ0v) is 14.4. The van der Waals surface area contributed by atoms with Gasteiger partial charge < -0.3 is 4.90 Å². The molecule has 0 bridgehead atoms. The van der Waals surface area contributed by atoms with Crippen LogP contribution in [0.15, 0.2) is 29.2 Å². The molecular weight excluding hydrogens is 319 g/mol. The third-order valence-corrected chi connectivity index (χ3v) is 5.86. The summed E-state index contributed by atoms with van der Waals surface area (Å²) in [4.78, 5) is 13.7. The average Bonchev–Trinajstić information content (AvgIpc) is 2.52. The first-order valence-corrected chi connectivity index (χ1v) is 9.28. The Balaban J connectivity index is 1.97. The monoisotopic (exact) mass is 342 g/mol. The molecule has 1 aliphatic heterocycles. The number of carbonyl (C=O) groups excluding carboxylic acids is 1. The van der Waals surface area contributed by atoms with E-state index in [1.165, 1.54) is 22.5 Å². The van der Waals surface area contributed by atoms with Crippen molar-refractivity contribution in [2.45, 2.75) is 31.6 Å². The van der Waals surface area contributed by atoms with Gasteiger partial charge in [-0.2, -0.15) is 4.31 Å². The van der Waals surface area contributed by atoms with E-state index < -0.39 is 15.8 Å². The van der Waals surface area contributed by atoms with Crippen molar-refractivity contribution in [3.8, 4) is 0 Å². The Bertz CT molecular complexity index is 653. The lowest BCUT2D eigenvalue weighted by Crippen LogP contribution is -2.50. The molecule has 1 saturated heterocycles. The second-order valence-corrected chi connectivity index (χ2v) is 8.11. The van der Waals surface area contributed by atoms with Gasteiger partial charge in [-0.1, -0.05) is 19.9 Å². The van der Waals surface area contributed by atoms with Crippen molar-refractivity contribution < 1.29 is 17.6 Å². The molecule has 2 rings (SSSR count). The summed E-state index contributed by atoms with van der Waals surface area (Å²) in [5.74, 6) is -0.0383. The molecule has 5 nitrogen and oxygen atoms in total. The van der Waals surface area contributed by atoms with Crippen LogP contribution in [-0.4, -0.2) is 49.7 Å². The molecule has 1 aromatic carbocycles. The normalized spacial score (nSPS) is 16.8. The Labute approximate surface area is 137 Å². The van der Waals surface area contributed by atoms with Crippen LogP contribution in [0.4, 0.5) is 4.39 Å². The van der Waals surface area contributed by atoms with Crippen LogP contribution < -0.4 is 0 Å². The van der Waals surface area contributed by atoms with E-state index in [1.807, 2.05) is 0 Å². The van der Waals surface area contributed by atoms with Crippen molar-refractivity contribution in [1.29, 1.82) is 0 Å². The minimum absolute atomic E-state index is 0.0444. The molecule has 0 aliphatic carbocycles. The number of nitrogens with zero attached hydrogens (tertiary/aromatic N) is 2. The fraction of sp³-hybridized carbons (Fsp3) is 0.562. The largest absolute Gasteiger partial charge is 0.340 e. The highest BCUT2D eigenvalue weighted by molar-refractivity contribution is 7.89. The topological polar surface area (TPSA) is 57.7 Å². The molecule has 7 heteroatoms. The maximum atomic E-state index is 13.2. The van der Waals surface area contributed by atoms with Crippen LogP contribution in [0, 0.1) is 11.7 Å². The molecule has 0 spiro atoms. The highest BCUT2D eigenvalue weighted by atomic mass is 32.2. The summed E-state index contributed by atoms with van der Waals surface area (Å²) in [5.41, 5.74) is 0. The number of halogens is 1. The molecular formula is C16H23FN2O3S. The Morgan fingerprint density at radius 2 is 1.87 bits per heavy atom. The van der Waals surface area contributed by atoms with Gasteiger partial charge in [-0.15, -0.1) is 0 Å². The van der Waals surface area contributed by atoms with E-state index >= 15 is 0 Å². The number of piperazine rings is 1. The molecule has 1 fully saturated rings. The predicted molar refractivity (Wildman–Crippen MR) is 85.8 cm³/mol. The van der Waals surface area contributed by atoms with E-state index in [0.717, 1.165) is 12.5 Å². The number of benzene rings is 1. The number of sulfonamides is 1. The van der Waals surface area contributed by atoms with E-state index in [-0.39, 0.29) is 23.9 Å². The quantitative estimate of drug-likeness (QED) is 0.823. The first-order chi connectivity index (χ1) is 10.8. The Kier molecular flexibility index (Phi) is 5.75. The minimum atomic E-state index is -3.70. The molecule has 0 N–H and O–H groups in total. The Morgan fingerprint density at radius 1 is 1.22 bits per heavy atom. The van der Waals surface area contributed by atoms with E-state index in [4.69, 9.17) is 0 Å². The number of amides is 1. The Hall–Kier alpha value is -1.47. The molecule has 1 aliphatic rings. The van der Waals surface area contributed by atoms with Gasteiger partial charge in [-0.05, 0) is 30.5 Å². The van der Waals surface area contributed by atoms with Crippen LogP contribution in [0.3, 0.4) is 0 Å². The van der Waals surface area contributed by atoms with Crippen molar-refractivity contribution in [2.75, 3.05) is 26.2 Å². The third-order valence-electron chi connectivity index (χ3n) is 3.96. The summed E-state index contributed by atoms with van der Waals surface area (Å²) in [6.45, 7) is 5.38. The van der Waals surface area contributed by atoms with Gasteiger partial charge in [0.25, 0.3) is 0 Å². The zero-order valence-electron chi connectivity index (χ0n) is 13.5. The highest BCUT2D eigenvalue weighted by Gasteiger charge is 2.30. The summed E-state index contributed by atoms with van der Waals surface area (Å²) in [6.07, 6.45) is 1.33. The molecule has 23 heavy (non-hydrogen) atoms. The molecule has 0 aromatic heterocycles. The average molecular weight is 342 g/mol. The van der Waals surface area contributed by atoms with Gasteiger partial charge in [0.15, 0.2) is 0 Å². The first-order valence-electron chi connectivity index (χ1n) is 7.84. The van der Waals surface area contributed by atoms with Crippen molar-refractivity contribution in [3.63, 3.8) is 0 Å². The van der Waals surface area contributed by atoms with Gasteiger partial charge in [0.1, 0.15) is 5.82 Å². The standard InChI is InChI=1S/C16H23FN2O3S/c1-13(2)6-7-16(20)18-8-10-19(11-9-18)23(21,22)15-5-3-4-14(17)12-15/h3-5,12-13H,6-11H2,1-2H3. The van der Waals surface area contributed by atoms with Gasteiger partial charge in [-0.3, -0.25) is 4.79 Å². The van der Waals surface area contributed by atoms with Crippen molar-refractivity contribution in [3.05, 3.63) is 30.1 Å². The summed E-state index contributed by atoms with van der Waals surface area (Å²) < 4.78 is 39.5. The molecule has 0 unspecified atom stereocenters. The van der Waals surface area contributed by atoms with Gasteiger partial charge >= 0.3 is 0 Å². The number of hydrogen-bond acceptors (Lipinski definition) is 3.